The zero-order chi connectivity index (χ0) is 14.8. The number of benzene rings is 1. The van der Waals surface area contributed by atoms with Crippen LogP contribution in [0.25, 0.3) is 10.9 Å². The van der Waals surface area contributed by atoms with Crippen molar-refractivity contribution in [2.75, 3.05) is 12.3 Å². The van der Waals surface area contributed by atoms with Crippen LogP contribution in [0.4, 0.5) is 5.69 Å². The number of anilines is 1. The molecule has 3 rings (SSSR count). The van der Waals surface area contributed by atoms with Gasteiger partial charge < -0.3 is 21.4 Å². The minimum Gasteiger partial charge on any atom is -0.399 e. The normalized spacial score (nSPS) is 14.1. The summed E-state index contributed by atoms with van der Waals surface area (Å²) >= 11 is 0. The van der Waals surface area contributed by atoms with Crippen LogP contribution < -0.4 is 16.4 Å². The molecule has 1 aromatic carbocycles. The number of H-pyrrole nitrogens is 1. The molecule has 110 valence electrons. The number of carbonyl (C=O) groups is 2. The highest BCUT2D eigenvalue weighted by molar-refractivity contribution is 5.98. The van der Waals surface area contributed by atoms with E-state index in [0.717, 1.165) is 23.7 Å². The number of hydrogen-bond donors (Lipinski definition) is 4. The standard InChI is InChI=1S/C15H18N4O2/c16-10-1-4-12-9(7-10)8-13(19-12)15(21)17-6-5-14(20)18-11-2-3-11/h1,4,7-8,11,19H,2-3,5-6,16H2,(H,17,21)(H,18,20). The minimum atomic E-state index is -0.219. The Bertz CT molecular complexity index is 688. The largest absolute Gasteiger partial charge is 0.399 e. The fourth-order valence-electron chi connectivity index (χ4n) is 2.19. The zero-order valence-electron chi connectivity index (χ0n) is 11.6. The number of carbonyl (C=O) groups excluding carboxylic acids is 2. The number of amides is 2. The third-order valence-corrected chi connectivity index (χ3v) is 3.47. The summed E-state index contributed by atoms with van der Waals surface area (Å²) in [6, 6.07) is 7.54. The summed E-state index contributed by atoms with van der Waals surface area (Å²) in [5, 5.41) is 6.51. The lowest BCUT2D eigenvalue weighted by Gasteiger charge is -2.04. The molecular formula is C15H18N4O2. The molecule has 5 N–H and O–H groups in total. The van der Waals surface area contributed by atoms with Gasteiger partial charge in [0.25, 0.3) is 5.91 Å². The average molecular weight is 286 g/mol. The highest BCUT2D eigenvalue weighted by Crippen LogP contribution is 2.19. The molecule has 0 spiro atoms. The van der Waals surface area contributed by atoms with Crippen molar-refractivity contribution in [1.82, 2.24) is 15.6 Å². The van der Waals surface area contributed by atoms with Gasteiger partial charge in [-0.3, -0.25) is 9.59 Å². The number of fused-ring (bicyclic) bond motifs is 1. The van der Waals surface area contributed by atoms with E-state index in [1.54, 1.807) is 12.1 Å². The number of nitrogens with two attached hydrogens (primary N) is 1. The molecule has 0 aliphatic heterocycles. The van der Waals surface area contributed by atoms with Crippen LogP contribution in [0.2, 0.25) is 0 Å². The van der Waals surface area contributed by atoms with Gasteiger partial charge in [-0.15, -0.1) is 0 Å². The smallest absolute Gasteiger partial charge is 0.267 e. The summed E-state index contributed by atoms with van der Waals surface area (Å²) in [4.78, 5) is 26.6. The molecular weight excluding hydrogens is 268 g/mol. The van der Waals surface area contributed by atoms with E-state index in [0.29, 0.717) is 30.4 Å². The van der Waals surface area contributed by atoms with E-state index < -0.39 is 0 Å². The summed E-state index contributed by atoms with van der Waals surface area (Å²) in [6.45, 7) is 0.328. The summed E-state index contributed by atoms with van der Waals surface area (Å²) < 4.78 is 0. The van der Waals surface area contributed by atoms with Crippen LogP contribution >= 0.6 is 0 Å². The number of rotatable bonds is 5. The predicted octanol–water partition coefficient (Wildman–Crippen LogP) is 1.15. The van der Waals surface area contributed by atoms with Crippen LogP contribution in [0.3, 0.4) is 0 Å². The summed E-state index contributed by atoms with van der Waals surface area (Å²) in [7, 11) is 0. The van der Waals surface area contributed by atoms with E-state index in [1.807, 2.05) is 12.1 Å². The quantitative estimate of drug-likeness (QED) is 0.620. The molecule has 6 heteroatoms. The fraction of sp³-hybridized carbons (Fsp3) is 0.333. The van der Waals surface area contributed by atoms with Gasteiger partial charge in [-0.25, -0.2) is 0 Å². The van der Waals surface area contributed by atoms with Crippen molar-refractivity contribution in [3.8, 4) is 0 Å². The molecule has 0 radical (unpaired) electrons. The summed E-state index contributed by atoms with van der Waals surface area (Å²) in [6.07, 6.45) is 2.43. The van der Waals surface area contributed by atoms with Gasteiger partial charge in [-0.05, 0) is 37.1 Å². The Morgan fingerprint density at radius 1 is 1.29 bits per heavy atom. The van der Waals surface area contributed by atoms with E-state index in [2.05, 4.69) is 15.6 Å². The molecule has 0 atom stereocenters. The highest BCUT2D eigenvalue weighted by atomic mass is 16.2. The Morgan fingerprint density at radius 2 is 2.10 bits per heavy atom. The second-order valence-electron chi connectivity index (χ2n) is 5.38. The first-order valence-electron chi connectivity index (χ1n) is 7.07. The van der Waals surface area contributed by atoms with Crippen molar-refractivity contribution in [2.45, 2.75) is 25.3 Å². The van der Waals surface area contributed by atoms with Crippen LogP contribution in [-0.2, 0) is 4.79 Å². The lowest BCUT2D eigenvalue weighted by Crippen LogP contribution is -2.31. The van der Waals surface area contributed by atoms with E-state index in [9.17, 15) is 9.59 Å². The molecule has 1 fully saturated rings. The second-order valence-corrected chi connectivity index (χ2v) is 5.38. The summed E-state index contributed by atoms with van der Waals surface area (Å²) in [5.74, 6) is -0.230. The van der Waals surface area contributed by atoms with Gasteiger partial charge in [0.05, 0.1) is 0 Å². The number of nitrogens with one attached hydrogen (secondary N) is 3. The topological polar surface area (TPSA) is 100 Å². The van der Waals surface area contributed by atoms with Gasteiger partial charge in [0.1, 0.15) is 5.69 Å². The maximum absolute atomic E-state index is 12.0. The Labute approximate surface area is 122 Å². The van der Waals surface area contributed by atoms with E-state index in [-0.39, 0.29) is 11.8 Å². The molecule has 0 unspecified atom stereocenters. The van der Waals surface area contributed by atoms with Crippen molar-refractivity contribution >= 4 is 28.4 Å². The second kappa shape index (κ2) is 5.47. The number of aromatic nitrogens is 1. The van der Waals surface area contributed by atoms with Crippen LogP contribution in [0.5, 0.6) is 0 Å². The lowest BCUT2D eigenvalue weighted by molar-refractivity contribution is -0.121. The zero-order valence-corrected chi connectivity index (χ0v) is 11.6. The lowest BCUT2D eigenvalue weighted by atomic mass is 10.2. The monoisotopic (exact) mass is 286 g/mol. The van der Waals surface area contributed by atoms with Crippen LogP contribution in [-0.4, -0.2) is 29.4 Å². The van der Waals surface area contributed by atoms with E-state index in [4.69, 9.17) is 5.73 Å². The maximum Gasteiger partial charge on any atom is 0.267 e. The van der Waals surface area contributed by atoms with Gasteiger partial charge in [0.2, 0.25) is 5.91 Å². The molecule has 1 aliphatic carbocycles. The van der Waals surface area contributed by atoms with Gasteiger partial charge in [-0.2, -0.15) is 0 Å². The van der Waals surface area contributed by atoms with Crippen LogP contribution in [0.15, 0.2) is 24.3 Å². The van der Waals surface area contributed by atoms with Gasteiger partial charge >= 0.3 is 0 Å². The first-order chi connectivity index (χ1) is 10.1. The average Bonchev–Trinajstić information content (AvgIpc) is 3.15. The van der Waals surface area contributed by atoms with Crippen molar-refractivity contribution in [3.05, 3.63) is 30.0 Å². The molecule has 1 aromatic heterocycles. The predicted molar refractivity (Wildman–Crippen MR) is 80.8 cm³/mol. The van der Waals surface area contributed by atoms with Gasteiger partial charge in [-0.1, -0.05) is 0 Å². The van der Waals surface area contributed by atoms with Crippen molar-refractivity contribution in [2.24, 2.45) is 0 Å². The number of aromatic amines is 1. The maximum atomic E-state index is 12.0. The van der Waals surface area contributed by atoms with Crippen molar-refractivity contribution < 1.29 is 9.59 Å². The Morgan fingerprint density at radius 3 is 2.86 bits per heavy atom. The fourth-order valence-corrected chi connectivity index (χ4v) is 2.19. The molecule has 0 saturated heterocycles. The molecule has 0 bridgehead atoms. The molecule has 2 aromatic rings. The third kappa shape index (κ3) is 3.34. The Kier molecular flexibility index (Phi) is 3.51. The molecule has 21 heavy (non-hydrogen) atoms. The minimum absolute atomic E-state index is 0.0118. The summed E-state index contributed by atoms with van der Waals surface area (Å²) in [5.41, 5.74) is 7.70. The van der Waals surface area contributed by atoms with Gasteiger partial charge in [0, 0.05) is 35.6 Å². The Hall–Kier alpha value is -2.50. The third-order valence-electron chi connectivity index (χ3n) is 3.47. The number of nitrogen functional groups attached to an aromatic ring is 1. The van der Waals surface area contributed by atoms with Crippen LogP contribution in [0, 0.1) is 0 Å². The van der Waals surface area contributed by atoms with E-state index in [1.165, 1.54) is 0 Å². The van der Waals surface area contributed by atoms with Crippen molar-refractivity contribution in [1.29, 1.82) is 0 Å². The molecule has 2 amide bonds. The SMILES string of the molecule is Nc1ccc2[nH]c(C(=O)NCCC(=O)NC3CC3)cc2c1. The van der Waals surface area contributed by atoms with Gasteiger partial charge in [0.15, 0.2) is 0 Å². The van der Waals surface area contributed by atoms with Crippen LogP contribution in [0.1, 0.15) is 29.8 Å². The molecule has 1 heterocycles. The Balaban J connectivity index is 1.54. The highest BCUT2D eigenvalue weighted by Gasteiger charge is 2.22. The molecule has 1 saturated carbocycles. The molecule has 1 aliphatic rings. The first-order valence-corrected chi connectivity index (χ1v) is 7.07. The number of hydrogen-bond acceptors (Lipinski definition) is 3. The first kappa shape index (κ1) is 13.5. The van der Waals surface area contributed by atoms with Crippen molar-refractivity contribution in [3.63, 3.8) is 0 Å². The van der Waals surface area contributed by atoms with E-state index >= 15 is 0 Å². The molecule has 6 nitrogen and oxygen atoms in total.